The summed E-state index contributed by atoms with van der Waals surface area (Å²) in [7, 11) is -3.17. The van der Waals surface area contributed by atoms with Gasteiger partial charge in [-0.2, -0.15) is 0 Å². The monoisotopic (exact) mass is 352 g/mol. The number of hydrogen-bond acceptors (Lipinski definition) is 4. The van der Waals surface area contributed by atoms with Crippen LogP contribution in [0.15, 0.2) is 15.9 Å². The third kappa shape index (κ3) is 4.31. The number of halogens is 1. The molecule has 2 N–H and O–H groups in total. The van der Waals surface area contributed by atoms with Crippen molar-refractivity contribution in [3.63, 3.8) is 0 Å². The summed E-state index contributed by atoms with van der Waals surface area (Å²) in [4.78, 5) is 1.02. The van der Waals surface area contributed by atoms with Gasteiger partial charge in [-0.1, -0.05) is 0 Å². The molecule has 2 heterocycles. The Balaban J connectivity index is 1.85. The van der Waals surface area contributed by atoms with Crippen molar-refractivity contribution in [2.75, 3.05) is 18.8 Å². The van der Waals surface area contributed by atoms with Gasteiger partial charge in [0, 0.05) is 15.9 Å². The molecule has 0 radical (unpaired) electrons. The minimum atomic E-state index is -3.17. The molecule has 1 aromatic rings. The van der Waals surface area contributed by atoms with Crippen LogP contribution in [-0.4, -0.2) is 27.3 Å². The van der Waals surface area contributed by atoms with E-state index in [0.717, 1.165) is 35.3 Å². The molecule has 0 aromatic carbocycles. The summed E-state index contributed by atoms with van der Waals surface area (Å²) < 4.78 is 27.6. The summed E-state index contributed by atoms with van der Waals surface area (Å²) in [5.74, 6) is 0.535. The van der Waals surface area contributed by atoms with Crippen LogP contribution in [0, 0.1) is 5.92 Å². The van der Waals surface area contributed by atoms with Crippen molar-refractivity contribution in [1.82, 2.24) is 10.0 Å². The summed E-state index contributed by atoms with van der Waals surface area (Å²) in [5, 5.41) is 5.19. The van der Waals surface area contributed by atoms with Gasteiger partial charge < -0.3 is 5.32 Å². The average molecular weight is 353 g/mol. The van der Waals surface area contributed by atoms with Gasteiger partial charge in [0.2, 0.25) is 10.0 Å². The zero-order valence-electron chi connectivity index (χ0n) is 9.99. The maximum atomic E-state index is 12.0. The van der Waals surface area contributed by atoms with Crippen molar-refractivity contribution in [2.24, 2.45) is 5.92 Å². The van der Waals surface area contributed by atoms with Crippen LogP contribution in [0.2, 0.25) is 0 Å². The molecule has 18 heavy (non-hydrogen) atoms. The molecule has 0 amide bonds. The summed E-state index contributed by atoms with van der Waals surface area (Å²) >= 11 is 4.95. The van der Waals surface area contributed by atoms with Crippen molar-refractivity contribution in [1.29, 1.82) is 0 Å². The van der Waals surface area contributed by atoms with Crippen LogP contribution in [0.4, 0.5) is 0 Å². The third-order valence-electron chi connectivity index (χ3n) is 3.06. The van der Waals surface area contributed by atoms with Gasteiger partial charge in [-0.05, 0) is 59.2 Å². The molecular weight excluding hydrogens is 336 g/mol. The standard InChI is InChI=1S/C11H17BrN2O2S2/c12-10-3-6-17-11(10)7-14-18(15,16)8-9-1-4-13-5-2-9/h3,6,9,13-14H,1-2,4-5,7-8H2. The molecule has 2 rings (SSSR count). The van der Waals surface area contributed by atoms with E-state index in [9.17, 15) is 8.42 Å². The first kappa shape index (κ1) is 14.5. The van der Waals surface area contributed by atoms with E-state index >= 15 is 0 Å². The van der Waals surface area contributed by atoms with Gasteiger partial charge in [0.25, 0.3) is 0 Å². The SMILES string of the molecule is O=S(=O)(CC1CCNCC1)NCc1sccc1Br. The molecule has 0 aliphatic carbocycles. The van der Waals surface area contributed by atoms with Crippen molar-refractivity contribution in [2.45, 2.75) is 19.4 Å². The largest absolute Gasteiger partial charge is 0.317 e. The van der Waals surface area contributed by atoms with Gasteiger partial charge in [0.05, 0.1) is 5.75 Å². The van der Waals surface area contributed by atoms with E-state index in [1.54, 1.807) is 11.3 Å². The quantitative estimate of drug-likeness (QED) is 0.851. The number of sulfonamides is 1. The maximum Gasteiger partial charge on any atom is 0.212 e. The van der Waals surface area contributed by atoms with Gasteiger partial charge in [-0.3, -0.25) is 0 Å². The highest BCUT2D eigenvalue weighted by Crippen LogP contribution is 2.22. The minimum Gasteiger partial charge on any atom is -0.317 e. The van der Waals surface area contributed by atoms with E-state index in [0.29, 0.717) is 6.54 Å². The summed E-state index contributed by atoms with van der Waals surface area (Å²) in [6.45, 7) is 2.23. The maximum absolute atomic E-state index is 12.0. The van der Waals surface area contributed by atoms with Crippen molar-refractivity contribution in [3.8, 4) is 0 Å². The molecular formula is C11H17BrN2O2S2. The van der Waals surface area contributed by atoms with Gasteiger partial charge in [-0.15, -0.1) is 11.3 Å². The Morgan fingerprint density at radius 2 is 2.17 bits per heavy atom. The molecule has 1 fully saturated rings. The number of thiophene rings is 1. The lowest BCUT2D eigenvalue weighted by Gasteiger charge is -2.22. The first-order chi connectivity index (χ1) is 8.57. The Morgan fingerprint density at radius 3 is 2.78 bits per heavy atom. The lowest BCUT2D eigenvalue weighted by molar-refractivity contribution is 0.400. The number of nitrogens with one attached hydrogen (secondary N) is 2. The molecule has 7 heteroatoms. The molecule has 0 bridgehead atoms. The van der Waals surface area contributed by atoms with Crippen molar-refractivity contribution in [3.05, 3.63) is 20.8 Å². The van der Waals surface area contributed by atoms with E-state index < -0.39 is 10.0 Å². The predicted molar refractivity (Wildman–Crippen MR) is 78.2 cm³/mol. The van der Waals surface area contributed by atoms with Gasteiger partial charge >= 0.3 is 0 Å². The van der Waals surface area contributed by atoms with Crippen LogP contribution in [0.25, 0.3) is 0 Å². The second-order valence-corrected chi connectivity index (χ2v) is 8.19. The van der Waals surface area contributed by atoms with Gasteiger partial charge in [0.1, 0.15) is 0 Å². The lowest BCUT2D eigenvalue weighted by Crippen LogP contribution is -2.35. The van der Waals surface area contributed by atoms with E-state index in [1.807, 2.05) is 11.4 Å². The fourth-order valence-corrected chi connectivity index (χ4v) is 5.00. The molecule has 1 aromatic heterocycles. The fraction of sp³-hybridized carbons (Fsp3) is 0.636. The Kier molecular flexibility index (Phi) is 5.20. The van der Waals surface area contributed by atoms with Crippen LogP contribution in [-0.2, 0) is 16.6 Å². The van der Waals surface area contributed by atoms with Crippen LogP contribution in [0.1, 0.15) is 17.7 Å². The molecule has 0 atom stereocenters. The van der Waals surface area contributed by atoms with E-state index in [2.05, 4.69) is 26.0 Å². The zero-order chi connectivity index (χ0) is 13.0. The van der Waals surface area contributed by atoms with Gasteiger partial charge in [0.15, 0.2) is 0 Å². The Hall–Kier alpha value is 0.0500. The summed E-state index contributed by atoms with van der Waals surface area (Å²) in [5.41, 5.74) is 0. The number of piperidine rings is 1. The first-order valence-corrected chi connectivity index (χ1v) is 9.29. The summed E-state index contributed by atoms with van der Waals surface area (Å²) in [6, 6.07) is 1.93. The average Bonchev–Trinajstić information content (AvgIpc) is 2.73. The van der Waals surface area contributed by atoms with E-state index in [-0.39, 0.29) is 11.7 Å². The number of hydrogen-bond donors (Lipinski definition) is 2. The normalized spacial score (nSPS) is 18.1. The molecule has 0 saturated carbocycles. The van der Waals surface area contributed by atoms with Gasteiger partial charge in [-0.25, -0.2) is 13.1 Å². The summed E-state index contributed by atoms with van der Waals surface area (Å²) in [6.07, 6.45) is 1.90. The highest BCUT2D eigenvalue weighted by molar-refractivity contribution is 9.10. The highest BCUT2D eigenvalue weighted by atomic mass is 79.9. The smallest absolute Gasteiger partial charge is 0.212 e. The molecule has 1 aliphatic rings. The molecule has 102 valence electrons. The van der Waals surface area contributed by atoms with Crippen LogP contribution in [0.3, 0.4) is 0 Å². The molecule has 4 nitrogen and oxygen atoms in total. The Labute approximate surface area is 120 Å². The topological polar surface area (TPSA) is 58.2 Å². The third-order valence-corrected chi connectivity index (χ3v) is 6.48. The highest BCUT2D eigenvalue weighted by Gasteiger charge is 2.21. The zero-order valence-corrected chi connectivity index (χ0v) is 13.2. The van der Waals surface area contributed by atoms with Crippen LogP contribution >= 0.6 is 27.3 Å². The predicted octanol–water partition coefficient (Wildman–Crippen LogP) is 1.93. The molecule has 1 saturated heterocycles. The van der Waals surface area contributed by atoms with E-state index in [1.165, 1.54) is 0 Å². The Morgan fingerprint density at radius 1 is 1.44 bits per heavy atom. The molecule has 0 spiro atoms. The van der Waals surface area contributed by atoms with Crippen LogP contribution < -0.4 is 10.0 Å². The second kappa shape index (κ2) is 6.47. The van der Waals surface area contributed by atoms with Crippen molar-refractivity contribution >= 4 is 37.3 Å². The lowest BCUT2D eigenvalue weighted by atomic mass is 10.0. The minimum absolute atomic E-state index is 0.248. The Bertz CT molecular complexity index is 481. The number of rotatable bonds is 5. The molecule has 0 unspecified atom stereocenters. The fourth-order valence-electron chi connectivity index (χ4n) is 2.04. The second-order valence-electron chi connectivity index (χ2n) is 4.49. The molecule has 1 aliphatic heterocycles. The van der Waals surface area contributed by atoms with Crippen LogP contribution in [0.5, 0.6) is 0 Å². The first-order valence-electron chi connectivity index (χ1n) is 5.97. The van der Waals surface area contributed by atoms with E-state index in [4.69, 9.17) is 0 Å². The van der Waals surface area contributed by atoms with Crippen molar-refractivity contribution < 1.29 is 8.42 Å².